The molecule has 2 aliphatic heterocycles. The van der Waals surface area contributed by atoms with E-state index in [1.165, 1.54) is 0 Å². The highest BCUT2D eigenvalue weighted by atomic mass is 32.2. The monoisotopic (exact) mass is 554 g/mol. The zero-order chi connectivity index (χ0) is 27.5. The summed E-state index contributed by atoms with van der Waals surface area (Å²) in [5.74, 6) is 0. The highest BCUT2D eigenvalue weighted by molar-refractivity contribution is 7.86. The average molecular weight is 555 g/mol. The van der Waals surface area contributed by atoms with Gasteiger partial charge in [-0.15, -0.1) is 0 Å². The van der Waals surface area contributed by atoms with E-state index in [0.29, 0.717) is 6.61 Å². The zero-order valence-electron chi connectivity index (χ0n) is 22.2. The number of benzene rings is 3. The van der Waals surface area contributed by atoms with Crippen molar-refractivity contribution in [2.75, 3.05) is 19.5 Å². The van der Waals surface area contributed by atoms with Crippen LogP contribution < -0.4 is 0 Å². The molecular weight excluding hydrogens is 520 g/mol. The molecule has 0 radical (unpaired) electrons. The molecule has 2 heterocycles. The minimum atomic E-state index is -3.89. The smallest absolute Gasteiger partial charge is 0.264 e. The Bertz CT molecular complexity index is 1210. The Labute approximate surface area is 229 Å². The maximum Gasteiger partial charge on any atom is 0.264 e. The molecule has 0 aliphatic carbocycles. The third-order valence-electron chi connectivity index (χ3n) is 6.92. The third-order valence-corrected chi connectivity index (χ3v) is 7.52. The van der Waals surface area contributed by atoms with Crippen LogP contribution in [0.4, 0.5) is 0 Å². The van der Waals surface area contributed by atoms with Gasteiger partial charge in [-0.2, -0.15) is 8.42 Å². The van der Waals surface area contributed by atoms with Crippen molar-refractivity contribution in [3.63, 3.8) is 0 Å². The maximum atomic E-state index is 12.5. The van der Waals surface area contributed by atoms with Gasteiger partial charge in [-0.1, -0.05) is 91.0 Å². The molecule has 2 saturated heterocycles. The normalized spacial score (nSPS) is 26.5. The fourth-order valence-electron chi connectivity index (χ4n) is 5.33. The molecule has 39 heavy (non-hydrogen) atoms. The summed E-state index contributed by atoms with van der Waals surface area (Å²) in [5, 5.41) is 0. The molecule has 0 unspecified atom stereocenters. The van der Waals surface area contributed by atoms with Gasteiger partial charge >= 0.3 is 0 Å². The van der Waals surface area contributed by atoms with Crippen LogP contribution in [0.5, 0.6) is 0 Å². The third kappa shape index (κ3) is 6.25. The molecule has 3 aromatic rings. The lowest BCUT2D eigenvalue weighted by atomic mass is 9.80. The van der Waals surface area contributed by atoms with Gasteiger partial charge in [0.1, 0.15) is 30.0 Å². The van der Waals surface area contributed by atoms with Gasteiger partial charge in [0, 0.05) is 0 Å². The van der Waals surface area contributed by atoms with Gasteiger partial charge in [-0.05, 0) is 30.5 Å². The molecular formula is C30H34O8S. The van der Waals surface area contributed by atoms with Crippen molar-refractivity contribution in [2.24, 2.45) is 0 Å². The van der Waals surface area contributed by atoms with Gasteiger partial charge in [0.2, 0.25) is 0 Å². The lowest BCUT2D eigenvalue weighted by molar-refractivity contribution is -0.360. The van der Waals surface area contributed by atoms with Crippen LogP contribution in [-0.2, 0) is 43.6 Å². The van der Waals surface area contributed by atoms with Crippen LogP contribution in [-0.4, -0.2) is 64.9 Å². The minimum absolute atomic E-state index is 0.120. The van der Waals surface area contributed by atoms with Crippen molar-refractivity contribution >= 4 is 10.1 Å². The van der Waals surface area contributed by atoms with E-state index in [9.17, 15) is 8.42 Å². The van der Waals surface area contributed by atoms with Crippen molar-refractivity contribution < 1.29 is 36.3 Å². The van der Waals surface area contributed by atoms with Gasteiger partial charge < -0.3 is 23.7 Å². The molecule has 2 fully saturated rings. The van der Waals surface area contributed by atoms with Crippen molar-refractivity contribution in [3.05, 3.63) is 108 Å². The van der Waals surface area contributed by atoms with Crippen molar-refractivity contribution in [1.82, 2.24) is 0 Å². The first-order chi connectivity index (χ1) is 18.8. The lowest BCUT2D eigenvalue weighted by Crippen LogP contribution is -2.61. The zero-order valence-corrected chi connectivity index (χ0v) is 23.0. The Morgan fingerprint density at radius 3 is 1.79 bits per heavy atom. The number of ether oxygens (including phenoxy) is 5. The second-order valence-corrected chi connectivity index (χ2v) is 11.4. The Morgan fingerprint density at radius 2 is 1.31 bits per heavy atom. The second-order valence-electron chi connectivity index (χ2n) is 9.77. The van der Waals surface area contributed by atoms with E-state index in [-0.39, 0.29) is 6.61 Å². The van der Waals surface area contributed by atoms with E-state index in [1.54, 1.807) is 13.8 Å². The predicted octanol–water partition coefficient (Wildman–Crippen LogP) is 4.23. The van der Waals surface area contributed by atoms with Crippen LogP contribution in [0.25, 0.3) is 0 Å². The van der Waals surface area contributed by atoms with Crippen molar-refractivity contribution in [2.45, 2.75) is 56.4 Å². The van der Waals surface area contributed by atoms with E-state index in [0.717, 1.165) is 22.9 Å². The van der Waals surface area contributed by atoms with Gasteiger partial charge in [0.05, 0.1) is 19.5 Å². The first-order valence-electron chi connectivity index (χ1n) is 13.0. The average Bonchev–Trinajstić information content (AvgIpc) is 2.94. The Balaban J connectivity index is 1.58. The summed E-state index contributed by atoms with van der Waals surface area (Å²) in [7, 11) is -3.89. The van der Waals surface area contributed by atoms with Crippen LogP contribution in [0.2, 0.25) is 0 Å². The molecule has 0 saturated carbocycles. The highest BCUT2D eigenvalue weighted by Gasteiger charge is 2.49. The molecule has 0 spiro atoms. The Morgan fingerprint density at radius 1 is 0.795 bits per heavy atom. The van der Waals surface area contributed by atoms with Gasteiger partial charge in [-0.3, -0.25) is 4.18 Å². The summed E-state index contributed by atoms with van der Waals surface area (Å²) in [6, 6.07) is 29.5. The molecule has 3 aromatic carbocycles. The molecule has 0 N–H and O–H groups in total. The van der Waals surface area contributed by atoms with E-state index in [4.69, 9.17) is 27.9 Å². The summed E-state index contributed by atoms with van der Waals surface area (Å²) in [4.78, 5) is 0. The Kier molecular flexibility index (Phi) is 8.49. The number of fused-ring (bicyclic) bond motifs is 1. The molecule has 208 valence electrons. The summed E-state index contributed by atoms with van der Waals surface area (Å²) >= 11 is 0. The largest absolute Gasteiger partial charge is 0.358 e. The van der Waals surface area contributed by atoms with Crippen molar-refractivity contribution in [1.29, 1.82) is 0 Å². The van der Waals surface area contributed by atoms with Gasteiger partial charge in [-0.25, -0.2) is 0 Å². The quantitative estimate of drug-likeness (QED) is 0.287. The summed E-state index contributed by atoms with van der Waals surface area (Å²) in [5.41, 5.74) is 1.59. The first-order valence-corrected chi connectivity index (χ1v) is 14.8. The molecule has 0 bridgehead atoms. The Hall–Kier alpha value is -2.63. The van der Waals surface area contributed by atoms with Crippen LogP contribution in [0.1, 0.15) is 30.5 Å². The van der Waals surface area contributed by atoms with Crippen LogP contribution in [0.15, 0.2) is 91.0 Å². The minimum Gasteiger partial charge on any atom is -0.358 e. The summed E-state index contributed by atoms with van der Waals surface area (Å²) < 4.78 is 61.2. The van der Waals surface area contributed by atoms with E-state index < -0.39 is 52.7 Å². The fourth-order valence-corrected chi connectivity index (χ4v) is 5.95. The molecule has 0 amide bonds. The van der Waals surface area contributed by atoms with E-state index in [2.05, 4.69) is 0 Å². The predicted molar refractivity (Wildman–Crippen MR) is 144 cm³/mol. The molecule has 5 rings (SSSR count). The number of hydrogen-bond donors (Lipinski definition) is 0. The van der Waals surface area contributed by atoms with E-state index in [1.807, 2.05) is 91.0 Å². The molecule has 9 heteroatoms. The van der Waals surface area contributed by atoms with Crippen molar-refractivity contribution in [3.8, 4) is 0 Å². The van der Waals surface area contributed by atoms with Gasteiger partial charge in [0.15, 0.2) is 12.6 Å². The topological polar surface area (TPSA) is 89.5 Å². The maximum absolute atomic E-state index is 12.5. The second kappa shape index (κ2) is 11.9. The van der Waals surface area contributed by atoms with Crippen LogP contribution >= 0.6 is 0 Å². The fraction of sp³-hybridized carbons (Fsp3) is 0.400. The van der Waals surface area contributed by atoms with Crippen LogP contribution in [0, 0.1) is 0 Å². The molecule has 6 atom stereocenters. The number of hydrogen-bond acceptors (Lipinski definition) is 8. The van der Waals surface area contributed by atoms with Crippen LogP contribution in [0.3, 0.4) is 0 Å². The summed E-state index contributed by atoms with van der Waals surface area (Å²) in [6.07, 6.45) is -2.98. The van der Waals surface area contributed by atoms with E-state index >= 15 is 0 Å². The summed E-state index contributed by atoms with van der Waals surface area (Å²) in [6.45, 7) is 3.71. The molecule has 2 aliphatic rings. The van der Waals surface area contributed by atoms with Gasteiger partial charge in [0.25, 0.3) is 10.1 Å². The molecule has 0 aromatic heterocycles. The lowest BCUT2D eigenvalue weighted by Gasteiger charge is -2.47. The highest BCUT2D eigenvalue weighted by Crippen LogP contribution is 2.41. The number of rotatable bonds is 9. The SMILES string of the molecule is C[C@@H]1OC[C@H]2O[C@@H](C)O[C@@H]([C@@H](COC(c3ccccc3)(c3ccccc3)c3ccccc3)OS(C)(=O)=O)[C@@H]2O1. The first kappa shape index (κ1) is 27.9. The molecule has 8 nitrogen and oxygen atoms in total. The standard InChI is InChI=1S/C30H34O8S/c1-21-33-19-26-28(36-21)29(37-22(2)35-26)27(38-39(3,31)32)20-34-30(23-13-7-4-8-14-23,24-15-9-5-10-16-24)25-17-11-6-12-18-25/h4-18,21-22,26-29H,19-20H2,1-3H3/t21-,22-,26-,27-,28-,29+/m1/s1.